The van der Waals surface area contributed by atoms with Gasteiger partial charge in [-0.15, -0.1) is 11.3 Å². The maximum Gasteiger partial charge on any atom is 0.0167 e. The van der Waals surface area contributed by atoms with Gasteiger partial charge >= 0.3 is 0 Å². The molecule has 78 valence electrons. The quantitative estimate of drug-likeness (QED) is 0.815. The van der Waals surface area contributed by atoms with Gasteiger partial charge in [0.2, 0.25) is 0 Å². The maximum absolute atomic E-state index is 3.47. The summed E-state index contributed by atoms with van der Waals surface area (Å²) in [6.45, 7) is 7.02. The van der Waals surface area contributed by atoms with Crippen LogP contribution >= 0.6 is 11.3 Å². The van der Waals surface area contributed by atoms with Crippen LogP contribution in [-0.2, 0) is 6.42 Å². The van der Waals surface area contributed by atoms with Crippen molar-refractivity contribution in [2.45, 2.75) is 19.4 Å². The number of hydrogen-bond donors (Lipinski definition) is 1. The molecule has 2 rings (SSSR count). The van der Waals surface area contributed by atoms with Gasteiger partial charge in [-0.1, -0.05) is 6.07 Å². The third-order valence-corrected chi connectivity index (χ3v) is 3.64. The van der Waals surface area contributed by atoms with E-state index in [-0.39, 0.29) is 0 Å². The van der Waals surface area contributed by atoms with Crippen LogP contribution < -0.4 is 5.32 Å². The third kappa shape index (κ3) is 2.80. The Hall–Kier alpha value is -0.380. The van der Waals surface area contributed by atoms with E-state index in [1.165, 1.54) is 30.9 Å². The zero-order valence-electron chi connectivity index (χ0n) is 8.70. The number of nitrogens with one attached hydrogen (secondary N) is 1. The van der Waals surface area contributed by atoms with Crippen LogP contribution in [0.5, 0.6) is 0 Å². The van der Waals surface area contributed by atoms with Gasteiger partial charge in [-0.25, -0.2) is 0 Å². The SMILES string of the molecule is CC1CN(CCc2cccs2)CCN1. The van der Waals surface area contributed by atoms with E-state index in [0.29, 0.717) is 6.04 Å². The Bertz CT molecular complexity index is 258. The van der Waals surface area contributed by atoms with Crippen molar-refractivity contribution in [2.75, 3.05) is 26.2 Å². The van der Waals surface area contributed by atoms with E-state index < -0.39 is 0 Å². The first-order valence-electron chi connectivity index (χ1n) is 5.33. The van der Waals surface area contributed by atoms with Gasteiger partial charge in [0.1, 0.15) is 0 Å². The lowest BCUT2D eigenvalue weighted by Gasteiger charge is -2.31. The molecule has 1 unspecified atom stereocenters. The lowest BCUT2D eigenvalue weighted by Crippen LogP contribution is -2.49. The average Bonchev–Trinajstić information content (AvgIpc) is 2.67. The molecule has 1 fully saturated rings. The minimum atomic E-state index is 0.659. The lowest BCUT2D eigenvalue weighted by molar-refractivity contribution is 0.210. The van der Waals surface area contributed by atoms with Gasteiger partial charge in [0.25, 0.3) is 0 Å². The van der Waals surface area contributed by atoms with E-state index in [1.54, 1.807) is 0 Å². The molecule has 14 heavy (non-hydrogen) atoms. The highest BCUT2D eigenvalue weighted by molar-refractivity contribution is 7.09. The highest BCUT2D eigenvalue weighted by Crippen LogP contribution is 2.10. The van der Waals surface area contributed by atoms with Crippen molar-refractivity contribution in [3.8, 4) is 0 Å². The van der Waals surface area contributed by atoms with Gasteiger partial charge in [0, 0.05) is 37.1 Å². The van der Waals surface area contributed by atoms with Crippen molar-refractivity contribution >= 4 is 11.3 Å². The topological polar surface area (TPSA) is 15.3 Å². The fourth-order valence-electron chi connectivity index (χ4n) is 1.94. The van der Waals surface area contributed by atoms with Crippen LogP contribution in [0.3, 0.4) is 0 Å². The normalized spacial score (nSPS) is 23.9. The Labute approximate surface area is 89.9 Å². The molecule has 0 aromatic carbocycles. The number of thiophene rings is 1. The van der Waals surface area contributed by atoms with Gasteiger partial charge in [-0.2, -0.15) is 0 Å². The molecule has 2 heterocycles. The van der Waals surface area contributed by atoms with Crippen LogP contribution in [-0.4, -0.2) is 37.1 Å². The minimum absolute atomic E-state index is 0.659. The molecule has 0 saturated carbocycles. The van der Waals surface area contributed by atoms with Crippen LogP contribution in [0.2, 0.25) is 0 Å². The summed E-state index contributed by atoms with van der Waals surface area (Å²) < 4.78 is 0. The van der Waals surface area contributed by atoms with Crippen molar-refractivity contribution in [1.82, 2.24) is 10.2 Å². The highest BCUT2D eigenvalue weighted by Gasteiger charge is 2.14. The molecule has 1 atom stereocenters. The van der Waals surface area contributed by atoms with E-state index in [4.69, 9.17) is 0 Å². The predicted octanol–water partition coefficient (Wildman–Crippen LogP) is 1.58. The first kappa shape index (κ1) is 10.1. The monoisotopic (exact) mass is 210 g/mol. The Morgan fingerprint density at radius 2 is 2.57 bits per heavy atom. The number of piperazine rings is 1. The summed E-state index contributed by atoms with van der Waals surface area (Å²) in [6.07, 6.45) is 1.21. The van der Waals surface area contributed by atoms with Crippen LogP contribution in [0.1, 0.15) is 11.8 Å². The molecule has 0 amide bonds. The van der Waals surface area contributed by atoms with E-state index in [0.717, 1.165) is 6.54 Å². The van der Waals surface area contributed by atoms with Gasteiger partial charge in [0.05, 0.1) is 0 Å². The Kier molecular flexibility index (Phi) is 3.56. The fourth-order valence-corrected chi connectivity index (χ4v) is 2.64. The summed E-state index contributed by atoms with van der Waals surface area (Å²) >= 11 is 1.87. The second-order valence-electron chi connectivity index (χ2n) is 3.99. The van der Waals surface area contributed by atoms with Crippen molar-refractivity contribution < 1.29 is 0 Å². The molecule has 1 aliphatic heterocycles. The highest BCUT2D eigenvalue weighted by atomic mass is 32.1. The first-order valence-corrected chi connectivity index (χ1v) is 6.20. The van der Waals surface area contributed by atoms with Gasteiger partial charge in [-0.3, -0.25) is 0 Å². The summed E-state index contributed by atoms with van der Waals surface area (Å²) in [6, 6.07) is 5.03. The zero-order chi connectivity index (χ0) is 9.80. The molecular weight excluding hydrogens is 192 g/mol. The molecular formula is C11H18N2S. The van der Waals surface area contributed by atoms with E-state index in [2.05, 4.69) is 34.7 Å². The van der Waals surface area contributed by atoms with E-state index in [9.17, 15) is 0 Å². The molecule has 1 aliphatic rings. The molecule has 3 heteroatoms. The summed E-state index contributed by atoms with van der Waals surface area (Å²) in [5.74, 6) is 0. The molecule has 0 aliphatic carbocycles. The smallest absolute Gasteiger partial charge is 0.0167 e. The fraction of sp³-hybridized carbons (Fsp3) is 0.636. The molecule has 0 spiro atoms. The van der Waals surface area contributed by atoms with Crippen LogP contribution in [0.4, 0.5) is 0 Å². The maximum atomic E-state index is 3.47. The Balaban J connectivity index is 1.75. The predicted molar refractivity (Wildman–Crippen MR) is 61.9 cm³/mol. The van der Waals surface area contributed by atoms with Crippen LogP contribution in [0.25, 0.3) is 0 Å². The van der Waals surface area contributed by atoms with Crippen molar-refractivity contribution in [3.63, 3.8) is 0 Å². The lowest BCUT2D eigenvalue weighted by atomic mass is 10.2. The zero-order valence-corrected chi connectivity index (χ0v) is 9.52. The standard InChI is InChI=1S/C11H18N2S/c1-10-9-13(7-5-12-10)6-4-11-3-2-8-14-11/h2-3,8,10,12H,4-7,9H2,1H3. The summed E-state index contributed by atoms with van der Waals surface area (Å²) in [7, 11) is 0. The molecule has 1 N–H and O–H groups in total. The van der Waals surface area contributed by atoms with E-state index in [1.807, 2.05) is 11.3 Å². The Morgan fingerprint density at radius 3 is 3.29 bits per heavy atom. The summed E-state index contributed by atoms with van der Waals surface area (Å²) in [4.78, 5) is 4.07. The second-order valence-corrected chi connectivity index (χ2v) is 5.02. The third-order valence-electron chi connectivity index (χ3n) is 2.71. The summed E-state index contributed by atoms with van der Waals surface area (Å²) in [5.41, 5.74) is 0. The molecule has 1 saturated heterocycles. The van der Waals surface area contributed by atoms with Gasteiger partial charge < -0.3 is 10.2 Å². The average molecular weight is 210 g/mol. The largest absolute Gasteiger partial charge is 0.312 e. The number of nitrogens with zero attached hydrogens (tertiary/aromatic N) is 1. The molecule has 0 radical (unpaired) electrons. The molecule has 0 bridgehead atoms. The van der Waals surface area contributed by atoms with Gasteiger partial charge in [0.15, 0.2) is 0 Å². The summed E-state index contributed by atoms with van der Waals surface area (Å²) in [5, 5.41) is 5.63. The van der Waals surface area contributed by atoms with E-state index >= 15 is 0 Å². The Morgan fingerprint density at radius 1 is 1.64 bits per heavy atom. The molecule has 1 aromatic heterocycles. The molecule has 2 nitrogen and oxygen atoms in total. The van der Waals surface area contributed by atoms with Crippen molar-refractivity contribution in [3.05, 3.63) is 22.4 Å². The van der Waals surface area contributed by atoms with Gasteiger partial charge in [-0.05, 0) is 24.8 Å². The molecule has 1 aromatic rings. The van der Waals surface area contributed by atoms with Crippen molar-refractivity contribution in [2.24, 2.45) is 0 Å². The first-order chi connectivity index (χ1) is 6.84. The van der Waals surface area contributed by atoms with Crippen LogP contribution in [0, 0.1) is 0 Å². The van der Waals surface area contributed by atoms with Crippen molar-refractivity contribution in [1.29, 1.82) is 0 Å². The number of rotatable bonds is 3. The second kappa shape index (κ2) is 4.91. The number of hydrogen-bond acceptors (Lipinski definition) is 3. The van der Waals surface area contributed by atoms with Crippen LogP contribution in [0.15, 0.2) is 17.5 Å². The minimum Gasteiger partial charge on any atom is -0.312 e.